The van der Waals surface area contributed by atoms with Crippen LogP contribution < -0.4 is 10.8 Å². The Balaban J connectivity index is 0.000000112. The molecule has 0 unspecified atom stereocenters. The van der Waals surface area contributed by atoms with Gasteiger partial charge >= 0.3 is 0 Å². The Morgan fingerprint density at radius 2 is 1.91 bits per heavy atom. The van der Waals surface area contributed by atoms with E-state index in [1.807, 2.05) is 6.08 Å². The zero-order chi connectivity index (χ0) is 7.78. The summed E-state index contributed by atoms with van der Waals surface area (Å²) in [5.74, 6) is 0. The molecule has 0 atom stereocenters. The molecule has 0 aromatic heterocycles. The second kappa shape index (κ2) is 5.80. The Bertz CT molecular complexity index is 119. The topological polar surface area (TPSA) is 33.3 Å². The van der Waals surface area contributed by atoms with Gasteiger partial charge in [0.15, 0.2) is 0 Å². The van der Waals surface area contributed by atoms with Crippen LogP contribution in [0.5, 0.6) is 0 Å². The van der Waals surface area contributed by atoms with E-state index in [0.717, 1.165) is 0 Å². The standard InChI is InChI=1S/C4H5NO.C4H9N/c1-2-4-6-5-3-1;1-2-4-5-3-1/h1-5H;5H,1-4H2. The number of allylic oxidation sites excluding steroid dienone is 2. The first-order valence-electron chi connectivity index (χ1n) is 3.94. The van der Waals surface area contributed by atoms with E-state index in [-0.39, 0.29) is 0 Å². The van der Waals surface area contributed by atoms with Gasteiger partial charge in [-0.25, -0.2) is 5.48 Å². The predicted molar refractivity (Wildman–Crippen MR) is 44.6 cm³/mol. The maximum atomic E-state index is 4.55. The van der Waals surface area contributed by atoms with Crippen LogP contribution in [0.2, 0.25) is 0 Å². The number of rotatable bonds is 0. The molecule has 3 heteroatoms. The van der Waals surface area contributed by atoms with Gasteiger partial charge in [0.25, 0.3) is 0 Å². The second-order valence-electron chi connectivity index (χ2n) is 2.38. The summed E-state index contributed by atoms with van der Waals surface area (Å²) in [5, 5.41) is 3.22. The molecule has 62 valence electrons. The Morgan fingerprint density at radius 1 is 1.09 bits per heavy atom. The summed E-state index contributed by atoms with van der Waals surface area (Å²) < 4.78 is 0. The first kappa shape index (κ1) is 8.14. The van der Waals surface area contributed by atoms with E-state index in [1.165, 1.54) is 25.9 Å². The summed E-state index contributed by atoms with van der Waals surface area (Å²) in [6.07, 6.45) is 9.71. The van der Waals surface area contributed by atoms with Gasteiger partial charge in [-0.1, -0.05) is 0 Å². The molecule has 0 aromatic carbocycles. The Kier molecular flexibility index (Phi) is 4.29. The Labute approximate surface area is 67.1 Å². The largest absolute Gasteiger partial charge is 0.391 e. The van der Waals surface area contributed by atoms with Crippen molar-refractivity contribution in [1.29, 1.82) is 0 Å². The van der Waals surface area contributed by atoms with Gasteiger partial charge in [0, 0.05) is 6.20 Å². The lowest BCUT2D eigenvalue weighted by molar-refractivity contribution is 0.172. The molecule has 2 rings (SSSR count). The molecule has 3 nitrogen and oxygen atoms in total. The van der Waals surface area contributed by atoms with Crippen LogP contribution in [0.25, 0.3) is 0 Å². The average molecular weight is 154 g/mol. The lowest BCUT2D eigenvalue weighted by Gasteiger charge is -1.97. The third-order valence-corrected chi connectivity index (χ3v) is 1.45. The van der Waals surface area contributed by atoms with Crippen LogP contribution in [-0.4, -0.2) is 13.1 Å². The highest BCUT2D eigenvalue weighted by molar-refractivity contribution is 5.00. The molecule has 2 N–H and O–H groups in total. The molecule has 11 heavy (non-hydrogen) atoms. The molecule has 0 amide bonds. The summed E-state index contributed by atoms with van der Waals surface area (Å²) in [4.78, 5) is 4.55. The zero-order valence-electron chi connectivity index (χ0n) is 6.55. The maximum Gasteiger partial charge on any atom is 0.119 e. The van der Waals surface area contributed by atoms with E-state index in [4.69, 9.17) is 0 Å². The molecular weight excluding hydrogens is 140 g/mol. The second-order valence-corrected chi connectivity index (χ2v) is 2.38. The van der Waals surface area contributed by atoms with Gasteiger partial charge in [0.1, 0.15) is 6.26 Å². The smallest absolute Gasteiger partial charge is 0.119 e. The molecule has 0 bridgehead atoms. The zero-order valence-corrected chi connectivity index (χ0v) is 6.55. The lowest BCUT2D eigenvalue weighted by atomic mass is 10.4. The molecule has 2 aliphatic heterocycles. The van der Waals surface area contributed by atoms with Crippen molar-refractivity contribution < 1.29 is 4.84 Å². The number of hydroxylamine groups is 1. The number of nitrogens with one attached hydrogen (secondary N) is 2. The van der Waals surface area contributed by atoms with Gasteiger partial charge in [-0.05, 0) is 38.1 Å². The fourth-order valence-electron chi connectivity index (χ4n) is 0.883. The lowest BCUT2D eigenvalue weighted by Crippen LogP contribution is -2.03. The molecule has 0 aliphatic carbocycles. The third-order valence-electron chi connectivity index (χ3n) is 1.45. The Morgan fingerprint density at radius 3 is 2.09 bits per heavy atom. The summed E-state index contributed by atoms with van der Waals surface area (Å²) in [5.41, 5.74) is 2.52. The van der Waals surface area contributed by atoms with Crippen LogP contribution in [0.1, 0.15) is 12.8 Å². The maximum absolute atomic E-state index is 4.55. The van der Waals surface area contributed by atoms with Crippen LogP contribution in [0, 0.1) is 0 Å². The van der Waals surface area contributed by atoms with E-state index in [2.05, 4.69) is 15.6 Å². The van der Waals surface area contributed by atoms with Gasteiger partial charge in [-0.2, -0.15) is 0 Å². The van der Waals surface area contributed by atoms with Gasteiger partial charge < -0.3 is 10.2 Å². The highest BCUT2D eigenvalue weighted by atomic mass is 16.6. The quantitative estimate of drug-likeness (QED) is 0.544. The summed E-state index contributed by atoms with van der Waals surface area (Å²) >= 11 is 0. The molecule has 0 aromatic rings. The van der Waals surface area contributed by atoms with Crippen LogP contribution in [0.3, 0.4) is 0 Å². The normalized spacial score (nSPS) is 19.6. The summed E-state index contributed by atoms with van der Waals surface area (Å²) in [6, 6.07) is 0. The fraction of sp³-hybridized carbons (Fsp3) is 0.500. The minimum Gasteiger partial charge on any atom is -0.391 e. The monoisotopic (exact) mass is 154 g/mol. The molecule has 0 spiro atoms. The van der Waals surface area contributed by atoms with E-state index in [9.17, 15) is 0 Å². The van der Waals surface area contributed by atoms with Crippen LogP contribution in [0.15, 0.2) is 24.6 Å². The van der Waals surface area contributed by atoms with Gasteiger partial charge in [-0.15, -0.1) is 0 Å². The van der Waals surface area contributed by atoms with Crippen LogP contribution >= 0.6 is 0 Å². The molecule has 2 aliphatic rings. The number of hydrogen-bond donors (Lipinski definition) is 2. The molecule has 0 radical (unpaired) electrons. The van der Waals surface area contributed by atoms with E-state index >= 15 is 0 Å². The molecular formula is C8H14N2O. The van der Waals surface area contributed by atoms with Crippen molar-refractivity contribution in [2.24, 2.45) is 0 Å². The SMILES string of the molecule is C1=CNOC=C1.C1CCNC1. The van der Waals surface area contributed by atoms with E-state index in [1.54, 1.807) is 18.5 Å². The van der Waals surface area contributed by atoms with Crippen molar-refractivity contribution in [1.82, 2.24) is 10.8 Å². The minimum absolute atomic E-state index is 1.25. The van der Waals surface area contributed by atoms with Crippen molar-refractivity contribution in [2.45, 2.75) is 12.8 Å². The summed E-state index contributed by atoms with van der Waals surface area (Å²) in [7, 11) is 0. The highest BCUT2D eigenvalue weighted by Crippen LogP contribution is 1.90. The van der Waals surface area contributed by atoms with Crippen molar-refractivity contribution >= 4 is 0 Å². The molecule has 0 saturated carbocycles. The fourth-order valence-corrected chi connectivity index (χ4v) is 0.883. The van der Waals surface area contributed by atoms with Crippen molar-refractivity contribution in [3.8, 4) is 0 Å². The predicted octanol–water partition coefficient (Wildman–Crippen LogP) is 0.918. The number of hydrogen-bond acceptors (Lipinski definition) is 3. The van der Waals surface area contributed by atoms with Crippen molar-refractivity contribution in [3.63, 3.8) is 0 Å². The van der Waals surface area contributed by atoms with Crippen LogP contribution in [-0.2, 0) is 4.84 Å². The minimum atomic E-state index is 1.25. The first-order chi connectivity index (χ1) is 5.50. The Hall–Kier alpha value is -0.960. The van der Waals surface area contributed by atoms with Crippen LogP contribution in [0.4, 0.5) is 0 Å². The molecule has 1 fully saturated rings. The van der Waals surface area contributed by atoms with Gasteiger partial charge in [0.2, 0.25) is 0 Å². The average Bonchev–Trinajstić information content (AvgIpc) is 2.64. The van der Waals surface area contributed by atoms with Crippen molar-refractivity contribution in [2.75, 3.05) is 13.1 Å². The van der Waals surface area contributed by atoms with E-state index < -0.39 is 0 Å². The molecule has 1 saturated heterocycles. The summed E-state index contributed by atoms with van der Waals surface area (Å²) in [6.45, 7) is 2.50. The van der Waals surface area contributed by atoms with Crippen molar-refractivity contribution in [3.05, 3.63) is 24.6 Å². The van der Waals surface area contributed by atoms with Gasteiger partial charge in [-0.3, -0.25) is 0 Å². The first-order valence-corrected chi connectivity index (χ1v) is 3.94. The third kappa shape index (κ3) is 4.44. The highest BCUT2D eigenvalue weighted by Gasteiger charge is 1.93. The molecule has 2 heterocycles. The van der Waals surface area contributed by atoms with E-state index in [0.29, 0.717) is 0 Å². The van der Waals surface area contributed by atoms with Gasteiger partial charge in [0.05, 0.1) is 0 Å².